The molecule has 5 nitrogen and oxygen atoms in total. The van der Waals surface area contributed by atoms with Gasteiger partial charge in [-0.25, -0.2) is 14.2 Å². The second kappa shape index (κ2) is 9.92. The molecule has 188 valence electrons. The van der Waals surface area contributed by atoms with Crippen LogP contribution in [0.15, 0.2) is 77.9 Å². The fourth-order valence-electron chi connectivity index (χ4n) is 3.80. The van der Waals surface area contributed by atoms with Crippen molar-refractivity contribution in [3.8, 4) is 5.75 Å². The quantitative estimate of drug-likeness (QED) is 0.370. The Bertz CT molecular complexity index is 1240. The van der Waals surface area contributed by atoms with Gasteiger partial charge in [0.25, 0.3) is 0 Å². The lowest BCUT2D eigenvalue weighted by Crippen LogP contribution is -2.37. The first-order chi connectivity index (χ1) is 17.0. The van der Waals surface area contributed by atoms with Gasteiger partial charge >= 0.3 is 18.8 Å². The molecule has 0 fully saturated rings. The molecule has 0 saturated heterocycles. The van der Waals surface area contributed by atoms with Crippen LogP contribution in [-0.4, -0.2) is 37.0 Å². The van der Waals surface area contributed by atoms with Crippen LogP contribution < -0.4 is 9.64 Å². The largest absolute Gasteiger partial charge is 0.435 e. The van der Waals surface area contributed by atoms with Crippen molar-refractivity contribution < 1.29 is 35.9 Å². The SMILES string of the molecule is CN(C(=O)N1CC(c2ccc(F)cc2)C(c2ccc(OC(F)F)cc2)=N1)c1ccc(C(F)(F)F)cc1. The van der Waals surface area contributed by atoms with Gasteiger partial charge in [0.1, 0.15) is 11.6 Å². The van der Waals surface area contributed by atoms with Crippen molar-refractivity contribution in [3.05, 3.63) is 95.3 Å². The van der Waals surface area contributed by atoms with E-state index in [0.717, 1.165) is 22.0 Å². The van der Waals surface area contributed by atoms with Crippen molar-refractivity contribution in [1.29, 1.82) is 0 Å². The summed E-state index contributed by atoms with van der Waals surface area (Å²) >= 11 is 0. The summed E-state index contributed by atoms with van der Waals surface area (Å²) in [6, 6.07) is 14.9. The highest BCUT2D eigenvalue weighted by Gasteiger charge is 2.34. The Kier molecular flexibility index (Phi) is 6.91. The Labute approximate surface area is 202 Å². The Morgan fingerprint density at radius 3 is 2.17 bits per heavy atom. The first-order valence-corrected chi connectivity index (χ1v) is 10.6. The maximum atomic E-state index is 13.5. The van der Waals surface area contributed by atoms with E-state index in [9.17, 15) is 31.1 Å². The summed E-state index contributed by atoms with van der Waals surface area (Å²) < 4.78 is 81.5. The molecule has 0 spiro atoms. The second-order valence-corrected chi connectivity index (χ2v) is 7.96. The first-order valence-electron chi connectivity index (χ1n) is 10.6. The predicted octanol–water partition coefficient (Wildman–Crippen LogP) is 6.51. The van der Waals surface area contributed by atoms with Crippen LogP contribution in [0, 0.1) is 5.82 Å². The number of benzene rings is 3. The Hall–Kier alpha value is -4.02. The molecule has 0 radical (unpaired) electrons. The van der Waals surface area contributed by atoms with E-state index in [4.69, 9.17) is 0 Å². The monoisotopic (exact) mass is 507 g/mol. The molecule has 0 saturated carbocycles. The van der Waals surface area contributed by atoms with Crippen LogP contribution in [-0.2, 0) is 6.18 Å². The van der Waals surface area contributed by atoms with Gasteiger partial charge in [-0.2, -0.15) is 27.1 Å². The maximum absolute atomic E-state index is 13.5. The van der Waals surface area contributed by atoms with Crippen LogP contribution in [0.4, 0.5) is 36.8 Å². The van der Waals surface area contributed by atoms with Crippen LogP contribution in [0.25, 0.3) is 0 Å². The number of amides is 2. The molecule has 1 aliphatic heterocycles. The average Bonchev–Trinajstić information content (AvgIpc) is 3.28. The molecular weight excluding hydrogens is 488 g/mol. The first kappa shape index (κ1) is 25.1. The molecule has 1 heterocycles. The average molecular weight is 507 g/mol. The number of carbonyl (C=O) groups excluding carboxylic acids is 1. The summed E-state index contributed by atoms with van der Waals surface area (Å²) in [6.07, 6.45) is -4.51. The molecule has 0 bridgehead atoms. The zero-order valence-corrected chi connectivity index (χ0v) is 18.7. The number of ether oxygens (including phenoxy) is 1. The fourth-order valence-corrected chi connectivity index (χ4v) is 3.80. The summed E-state index contributed by atoms with van der Waals surface area (Å²) in [7, 11) is 1.40. The van der Waals surface area contributed by atoms with Gasteiger partial charge in [-0.05, 0) is 71.8 Å². The van der Waals surface area contributed by atoms with E-state index in [-0.39, 0.29) is 18.0 Å². The lowest BCUT2D eigenvalue weighted by atomic mass is 9.90. The van der Waals surface area contributed by atoms with Crippen LogP contribution in [0.2, 0.25) is 0 Å². The van der Waals surface area contributed by atoms with Gasteiger partial charge in [-0.1, -0.05) is 12.1 Å². The van der Waals surface area contributed by atoms with Crippen molar-refractivity contribution >= 4 is 17.4 Å². The molecule has 11 heteroatoms. The van der Waals surface area contributed by atoms with E-state index in [1.165, 1.54) is 55.6 Å². The molecule has 36 heavy (non-hydrogen) atoms. The third-order valence-electron chi connectivity index (χ3n) is 5.65. The van der Waals surface area contributed by atoms with Crippen LogP contribution in [0.1, 0.15) is 22.6 Å². The Balaban J connectivity index is 1.62. The van der Waals surface area contributed by atoms with E-state index in [2.05, 4.69) is 9.84 Å². The van der Waals surface area contributed by atoms with Gasteiger partial charge in [0.15, 0.2) is 0 Å². The van der Waals surface area contributed by atoms with Gasteiger partial charge in [-0.3, -0.25) is 4.90 Å². The lowest BCUT2D eigenvalue weighted by Gasteiger charge is -2.23. The van der Waals surface area contributed by atoms with Crippen molar-refractivity contribution in [2.24, 2.45) is 5.10 Å². The van der Waals surface area contributed by atoms with Crippen molar-refractivity contribution in [3.63, 3.8) is 0 Å². The van der Waals surface area contributed by atoms with E-state index >= 15 is 0 Å². The number of alkyl halides is 5. The highest BCUT2D eigenvalue weighted by Crippen LogP contribution is 2.33. The topological polar surface area (TPSA) is 45.1 Å². The van der Waals surface area contributed by atoms with E-state index < -0.39 is 36.1 Å². The summed E-state index contributed by atoms with van der Waals surface area (Å²) in [6.45, 7) is -2.92. The molecule has 1 atom stereocenters. The Morgan fingerprint density at radius 1 is 1.00 bits per heavy atom. The van der Waals surface area contributed by atoms with Crippen molar-refractivity contribution in [2.45, 2.75) is 18.7 Å². The van der Waals surface area contributed by atoms with Crippen molar-refractivity contribution in [2.75, 3.05) is 18.5 Å². The molecule has 0 aromatic heterocycles. The minimum absolute atomic E-state index is 0.0550. The molecular formula is C25H19F6N3O2. The normalized spacial score (nSPS) is 15.7. The molecule has 3 aromatic carbocycles. The fraction of sp³-hybridized carbons (Fsp3) is 0.200. The number of hydrogen-bond donors (Lipinski definition) is 0. The minimum Gasteiger partial charge on any atom is -0.435 e. The summed E-state index contributed by atoms with van der Waals surface area (Å²) in [5.74, 6) is -0.975. The lowest BCUT2D eigenvalue weighted by molar-refractivity contribution is -0.137. The third-order valence-corrected chi connectivity index (χ3v) is 5.65. The number of urea groups is 1. The number of rotatable bonds is 5. The van der Waals surface area contributed by atoms with Gasteiger partial charge in [0.2, 0.25) is 0 Å². The second-order valence-electron chi connectivity index (χ2n) is 7.96. The van der Waals surface area contributed by atoms with Crippen LogP contribution in [0.3, 0.4) is 0 Å². The van der Waals surface area contributed by atoms with Gasteiger partial charge in [-0.15, -0.1) is 0 Å². The number of halogens is 6. The number of hydrogen-bond acceptors (Lipinski definition) is 3. The molecule has 4 rings (SSSR count). The standard InChI is InChI=1S/C25H19F6N3O2/c1-33(19-10-6-17(7-11-19)25(29,30)31)24(35)34-14-21(15-2-8-18(26)9-3-15)22(32-34)16-4-12-20(13-5-16)36-23(27)28/h2-13,21,23H,14H2,1H3. The molecule has 2 amide bonds. The molecule has 0 aliphatic carbocycles. The number of carbonyl (C=O) groups is 1. The van der Waals surface area contributed by atoms with E-state index in [1.54, 1.807) is 12.1 Å². The third kappa shape index (κ3) is 5.45. The van der Waals surface area contributed by atoms with Crippen molar-refractivity contribution in [1.82, 2.24) is 5.01 Å². The van der Waals surface area contributed by atoms with E-state index in [0.29, 0.717) is 16.8 Å². The van der Waals surface area contributed by atoms with Gasteiger partial charge in [0.05, 0.1) is 17.8 Å². The minimum atomic E-state index is -4.51. The number of nitrogens with zero attached hydrogens (tertiary/aromatic N) is 3. The zero-order valence-electron chi connectivity index (χ0n) is 18.7. The highest BCUT2D eigenvalue weighted by molar-refractivity contribution is 6.08. The molecule has 1 aliphatic rings. The zero-order chi connectivity index (χ0) is 26.0. The van der Waals surface area contributed by atoms with E-state index in [1.807, 2.05) is 0 Å². The summed E-state index contributed by atoms with van der Waals surface area (Å²) in [4.78, 5) is 14.3. The van der Waals surface area contributed by atoms with Crippen LogP contribution in [0.5, 0.6) is 5.75 Å². The Morgan fingerprint density at radius 2 is 1.61 bits per heavy atom. The molecule has 0 N–H and O–H groups in total. The smallest absolute Gasteiger partial charge is 0.416 e. The van der Waals surface area contributed by atoms with Crippen LogP contribution >= 0.6 is 0 Å². The maximum Gasteiger partial charge on any atom is 0.416 e. The molecule has 3 aromatic rings. The highest BCUT2D eigenvalue weighted by atomic mass is 19.4. The van der Waals surface area contributed by atoms with Gasteiger partial charge in [0, 0.05) is 18.7 Å². The predicted molar refractivity (Wildman–Crippen MR) is 121 cm³/mol. The van der Waals surface area contributed by atoms with Gasteiger partial charge < -0.3 is 4.74 Å². The summed E-state index contributed by atoms with van der Waals surface area (Å²) in [5, 5.41) is 5.59. The molecule has 1 unspecified atom stereocenters. The number of anilines is 1. The number of hydrazone groups is 1. The summed E-state index contributed by atoms with van der Waals surface area (Å²) in [5.41, 5.74) is 1.00.